The molecule has 13 nitrogen and oxygen atoms in total. The molecular weight excluding hydrogens is 586 g/mol. The largest absolute Gasteiger partial charge is 0.412 e. The first-order valence-electron chi connectivity index (χ1n) is 12.9. The van der Waals surface area contributed by atoms with E-state index in [1.54, 1.807) is 36.8 Å². The molecule has 0 bridgehead atoms. The number of nitrogens with zero attached hydrogens (tertiary/aromatic N) is 5. The van der Waals surface area contributed by atoms with Gasteiger partial charge in [-0.05, 0) is 59.9 Å². The number of pyridine rings is 1. The second-order valence-electron chi connectivity index (χ2n) is 9.61. The van der Waals surface area contributed by atoms with Gasteiger partial charge in [0.15, 0.2) is 0 Å². The highest BCUT2D eigenvalue weighted by molar-refractivity contribution is 6.00. The Labute approximate surface area is 261 Å². The Bertz CT molecular complexity index is 1460. The molecule has 1 aliphatic carbocycles. The molecule has 6 rings (SSSR count). The van der Waals surface area contributed by atoms with E-state index in [1.807, 2.05) is 34.1 Å². The lowest BCUT2D eigenvalue weighted by atomic mass is 10.0. The van der Waals surface area contributed by atoms with Gasteiger partial charge in [-0.15, -0.1) is 0 Å². The van der Waals surface area contributed by atoms with Crippen LogP contribution in [0.15, 0.2) is 79.3 Å². The molecule has 2 aliphatic rings. The Morgan fingerprint density at radius 3 is 2.22 bits per heavy atom. The maximum atomic E-state index is 15.0. The van der Waals surface area contributed by atoms with Crippen LogP contribution in [0.3, 0.4) is 0 Å². The van der Waals surface area contributed by atoms with E-state index in [0.717, 1.165) is 29.5 Å². The lowest BCUT2D eigenvalue weighted by molar-refractivity contribution is 0.0730. The van der Waals surface area contributed by atoms with Gasteiger partial charge >= 0.3 is 0 Å². The van der Waals surface area contributed by atoms with Crippen molar-refractivity contribution >= 4 is 11.9 Å². The molecule has 2 aromatic carbocycles. The molecule has 0 unspecified atom stereocenters. The van der Waals surface area contributed by atoms with Crippen LogP contribution in [-0.2, 0) is 11.3 Å². The second kappa shape index (κ2) is 19.0. The first-order valence-corrected chi connectivity index (χ1v) is 12.9. The Balaban J connectivity index is 0. The van der Waals surface area contributed by atoms with Crippen molar-refractivity contribution in [1.29, 1.82) is 0 Å². The Hall–Kier alpha value is -4.48. The van der Waals surface area contributed by atoms with Crippen LogP contribution in [0.5, 0.6) is 0 Å². The minimum atomic E-state index is -0.420. The summed E-state index contributed by atoms with van der Waals surface area (Å²) < 4.78 is 20.4. The van der Waals surface area contributed by atoms with Gasteiger partial charge < -0.3 is 50.8 Å². The molecule has 15 heteroatoms. The fourth-order valence-corrected chi connectivity index (χ4v) is 4.80. The number of benzene rings is 2. The topological polar surface area (TPSA) is 278 Å². The standard InChI is InChI=1S/C30H28FN5O2.FH.5H3N.H2O/c31-27-7-2-1-6-25(27)28-26(19-33-30(34-28)35-14-16-38-17-15-35)29(37)36(24-8-9-24)20-21-4-3-5-23(18-21)22-10-12-32-13-11-22;;;;;;;/h1-7,10-13,18-19,24H,8-9,14-17,20H2;1H;5*1H3;1H2. The van der Waals surface area contributed by atoms with Crippen molar-refractivity contribution in [1.82, 2.24) is 50.6 Å². The van der Waals surface area contributed by atoms with Crippen molar-refractivity contribution in [2.24, 2.45) is 0 Å². The number of ether oxygens (including phenoxy) is 1. The van der Waals surface area contributed by atoms with Gasteiger partial charge in [0.1, 0.15) is 5.82 Å². The lowest BCUT2D eigenvalue weighted by Gasteiger charge is -2.28. The van der Waals surface area contributed by atoms with Crippen molar-refractivity contribution in [2.45, 2.75) is 25.4 Å². The van der Waals surface area contributed by atoms with Crippen molar-refractivity contribution < 1.29 is 24.1 Å². The molecule has 2 aromatic heterocycles. The molecule has 2 fully saturated rings. The summed E-state index contributed by atoms with van der Waals surface area (Å²) in [5, 5.41) is 0. The van der Waals surface area contributed by atoms with E-state index in [0.29, 0.717) is 55.6 Å². The van der Waals surface area contributed by atoms with Gasteiger partial charge in [0.25, 0.3) is 5.91 Å². The molecule has 248 valence electrons. The van der Waals surface area contributed by atoms with Gasteiger partial charge in [-0.1, -0.05) is 30.3 Å². The highest BCUT2D eigenvalue weighted by atomic mass is 19.1. The number of halogens is 2. The molecule has 4 aromatic rings. The summed E-state index contributed by atoms with van der Waals surface area (Å²) in [6, 6.07) is 18.7. The zero-order valence-electron chi connectivity index (χ0n) is 25.4. The van der Waals surface area contributed by atoms with E-state index in [1.165, 1.54) is 6.07 Å². The Morgan fingerprint density at radius 1 is 0.911 bits per heavy atom. The van der Waals surface area contributed by atoms with Crippen LogP contribution in [0.4, 0.5) is 15.0 Å². The molecule has 1 saturated carbocycles. The van der Waals surface area contributed by atoms with Gasteiger partial charge in [-0.25, -0.2) is 14.4 Å². The minimum Gasteiger partial charge on any atom is -0.412 e. The number of hydrogen-bond acceptors (Lipinski definition) is 11. The van der Waals surface area contributed by atoms with E-state index in [4.69, 9.17) is 9.72 Å². The molecule has 3 heterocycles. The summed E-state index contributed by atoms with van der Waals surface area (Å²) in [6.45, 7) is 2.89. The van der Waals surface area contributed by atoms with E-state index in [2.05, 4.69) is 22.1 Å². The quantitative estimate of drug-likeness (QED) is 0.178. The predicted octanol–water partition coefficient (Wildman–Crippen LogP) is 5.12. The lowest BCUT2D eigenvalue weighted by Crippen LogP contribution is -2.38. The number of carbonyl (C=O) groups excluding carboxylic acids is 1. The third-order valence-corrected chi connectivity index (χ3v) is 6.97. The summed E-state index contributed by atoms with van der Waals surface area (Å²) in [7, 11) is 0. The van der Waals surface area contributed by atoms with Crippen LogP contribution in [0.1, 0.15) is 28.8 Å². The maximum absolute atomic E-state index is 15.0. The third-order valence-electron chi connectivity index (χ3n) is 6.97. The van der Waals surface area contributed by atoms with Gasteiger partial charge in [-0.2, -0.15) is 0 Å². The molecule has 45 heavy (non-hydrogen) atoms. The SMILES string of the molecule is F.N.N.N.N.N.O.O=C(c1cnc(N2CCOCC2)nc1-c1ccccc1F)N(Cc1cccc(-c2ccncc2)c1)C1CC1. The summed E-state index contributed by atoms with van der Waals surface area (Å²) in [5.74, 6) is -0.129. The average molecular weight is 633 g/mol. The third kappa shape index (κ3) is 9.50. The molecule has 17 N–H and O–H groups in total. The molecule has 0 spiro atoms. The normalized spacial score (nSPS) is 13.0. The molecule has 1 aliphatic heterocycles. The number of hydrogen-bond donors (Lipinski definition) is 5. The fourth-order valence-electron chi connectivity index (χ4n) is 4.80. The van der Waals surface area contributed by atoms with Gasteiger partial charge in [0.05, 0.1) is 24.5 Å². The van der Waals surface area contributed by atoms with Crippen LogP contribution in [0.25, 0.3) is 22.4 Å². The Kier molecular flexibility index (Phi) is 18.0. The number of carbonyl (C=O) groups is 1. The fraction of sp³-hybridized carbons (Fsp3) is 0.267. The second-order valence-corrected chi connectivity index (χ2v) is 9.61. The van der Waals surface area contributed by atoms with Crippen molar-refractivity contribution in [3.63, 3.8) is 0 Å². The zero-order valence-corrected chi connectivity index (χ0v) is 25.4. The highest BCUT2D eigenvalue weighted by Crippen LogP contribution is 2.33. The van der Waals surface area contributed by atoms with E-state index in [-0.39, 0.29) is 52.9 Å². The average Bonchev–Trinajstić information content (AvgIpc) is 3.82. The minimum absolute atomic E-state index is 0. The number of amides is 1. The number of aromatic nitrogens is 3. The van der Waals surface area contributed by atoms with Gasteiger partial charge in [-0.3, -0.25) is 14.5 Å². The van der Waals surface area contributed by atoms with Crippen LogP contribution in [-0.4, -0.2) is 63.6 Å². The van der Waals surface area contributed by atoms with Crippen LogP contribution in [0, 0.1) is 5.82 Å². The molecule has 0 radical (unpaired) electrons. The summed E-state index contributed by atoms with van der Waals surface area (Å²) >= 11 is 0. The van der Waals surface area contributed by atoms with Crippen LogP contribution in [0.2, 0.25) is 0 Å². The number of anilines is 1. The summed E-state index contributed by atoms with van der Waals surface area (Å²) in [6.07, 6.45) is 6.99. The predicted molar refractivity (Wildman–Crippen MR) is 174 cm³/mol. The summed E-state index contributed by atoms with van der Waals surface area (Å²) in [5.41, 5.74) is 4.09. The van der Waals surface area contributed by atoms with E-state index in [9.17, 15) is 9.18 Å². The molecule has 1 saturated heterocycles. The highest BCUT2D eigenvalue weighted by Gasteiger charge is 2.35. The van der Waals surface area contributed by atoms with Crippen LogP contribution < -0.4 is 35.7 Å². The first kappa shape index (κ1) is 42.7. The Morgan fingerprint density at radius 2 is 1.58 bits per heavy atom. The van der Waals surface area contributed by atoms with Gasteiger partial charge in [0.2, 0.25) is 5.95 Å². The van der Waals surface area contributed by atoms with Crippen LogP contribution >= 0.6 is 0 Å². The van der Waals surface area contributed by atoms with Crippen molar-refractivity contribution in [3.05, 3.63) is 96.2 Å². The van der Waals surface area contributed by atoms with E-state index >= 15 is 0 Å². The summed E-state index contributed by atoms with van der Waals surface area (Å²) in [4.78, 5) is 31.3. The first-order chi connectivity index (χ1) is 18.7. The van der Waals surface area contributed by atoms with Gasteiger partial charge in [0, 0.05) is 49.8 Å². The number of morpholine rings is 1. The smallest absolute Gasteiger partial charge is 0.258 e. The molecule has 1 amide bonds. The molecular formula is C30H46F2N10O3. The zero-order chi connectivity index (χ0) is 25.9. The van der Waals surface area contributed by atoms with E-state index < -0.39 is 5.82 Å². The number of rotatable bonds is 7. The maximum Gasteiger partial charge on any atom is 0.258 e. The molecule has 0 atom stereocenters. The monoisotopic (exact) mass is 632 g/mol. The van der Waals surface area contributed by atoms with Crippen molar-refractivity contribution in [2.75, 3.05) is 31.2 Å². The van der Waals surface area contributed by atoms with Crippen molar-refractivity contribution in [3.8, 4) is 22.4 Å².